The molecule has 0 radical (unpaired) electrons. The van der Waals surface area contributed by atoms with E-state index in [1.807, 2.05) is 0 Å². The standard InChI is InChI=1S/C32H33ClN4O9/c1-16-12-20(39)25(29(41)32(16)30(42)26-22(44-3)15-23(45-4)27(33)28(26)46-32)18(17-6-7-19(38)21(13-17)43-2)14-24(40)34-10-11-37-31-35-8-5-9-36-31/h5-9,13,15-16,18,38,41H,10-12,14H2,1-4H3,(H,34,40)(H,35,36,37). The molecule has 2 aromatic carbocycles. The summed E-state index contributed by atoms with van der Waals surface area (Å²) in [6.07, 6.45) is 2.67. The molecule has 3 unspecified atom stereocenters. The lowest BCUT2D eigenvalue weighted by atomic mass is 9.69. The van der Waals surface area contributed by atoms with Gasteiger partial charge in [0, 0.05) is 61.8 Å². The summed E-state index contributed by atoms with van der Waals surface area (Å²) in [6, 6.07) is 7.46. The largest absolute Gasteiger partial charge is 0.507 e. The van der Waals surface area contributed by atoms with Crippen LogP contribution in [-0.2, 0) is 9.59 Å². The summed E-state index contributed by atoms with van der Waals surface area (Å²) >= 11 is 6.56. The van der Waals surface area contributed by atoms with E-state index in [1.54, 1.807) is 25.4 Å². The first-order valence-electron chi connectivity index (χ1n) is 14.4. The topological polar surface area (TPSA) is 178 Å². The van der Waals surface area contributed by atoms with Crippen LogP contribution in [0.3, 0.4) is 0 Å². The molecule has 0 saturated heterocycles. The van der Waals surface area contributed by atoms with E-state index < -0.39 is 40.7 Å². The summed E-state index contributed by atoms with van der Waals surface area (Å²) in [7, 11) is 4.12. The van der Waals surface area contributed by atoms with Crippen LogP contribution in [0.5, 0.6) is 28.7 Å². The van der Waals surface area contributed by atoms with Gasteiger partial charge >= 0.3 is 0 Å². The monoisotopic (exact) mass is 652 g/mol. The third kappa shape index (κ3) is 5.62. The highest BCUT2D eigenvalue weighted by Crippen LogP contribution is 2.56. The number of aromatic hydroxyl groups is 1. The zero-order chi connectivity index (χ0) is 33.2. The average Bonchev–Trinajstić information content (AvgIpc) is 3.37. The molecule has 3 atom stereocenters. The Balaban J connectivity index is 1.55. The number of fused-ring (bicyclic) bond motifs is 1. The van der Waals surface area contributed by atoms with E-state index in [2.05, 4.69) is 20.6 Å². The number of nitrogens with zero attached hydrogens (tertiary/aromatic N) is 2. The molecule has 1 aliphatic heterocycles. The maximum atomic E-state index is 14.2. The van der Waals surface area contributed by atoms with Crippen molar-refractivity contribution in [3.05, 3.63) is 70.2 Å². The number of halogens is 1. The first-order chi connectivity index (χ1) is 22.1. The maximum absolute atomic E-state index is 14.2. The number of carbonyl (C=O) groups excluding carboxylic acids is 3. The van der Waals surface area contributed by atoms with Gasteiger partial charge in [-0.15, -0.1) is 0 Å². The molecule has 14 heteroatoms. The van der Waals surface area contributed by atoms with Crippen LogP contribution in [0.2, 0.25) is 5.02 Å². The summed E-state index contributed by atoms with van der Waals surface area (Å²) in [6.45, 7) is 2.12. The number of hydrogen-bond acceptors (Lipinski definition) is 12. The zero-order valence-corrected chi connectivity index (χ0v) is 26.3. The number of aliphatic hydroxyl groups is 1. The van der Waals surface area contributed by atoms with E-state index in [0.29, 0.717) is 18.1 Å². The molecule has 2 heterocycles. The Labute approximate surface area is 269 Å². The Hall–Kier alpha value is -5.04. The fourth-order valence-corrected chi connectivity index (χ4v) is 6.12. The highest BCUT2D eigenvalue weighted by molar-refractivity contribution is 6.35. The number of aromatic nitrogens is 2. The normalized spacial score (nSPS) is 19.4. The number of amides is 1. The number of ketones is 2. The van der Waals surface area contributed by atoms with E-state index in [-0.39, 0.29) is 64.3 Å². The molecule has 5 rings (SSSR count). The van der Waals surface area contributed by atoms with Crippen molar-refractivity contribution in [2.75, 3.05) is 39.7 Å². The molecule has 2 aliphatic rings. The number of ether oxygens (including phenoxy) is 4. The van der Waals surface area contributed by atoms with Crippen molar-refractivity contribution in [1.82, 2.24) is 15.3 Å². The lowest BCUT2D eigenvalue weighted by Crippen LogP contribution is -2.53. The van der Waals surface area contributed by atoms with Crippen LogP contribution in [0.4, 0.5) is 5.95 Å². The minimum absolute atomic E-state index is 0.00381. The predicted molar refractivity (Wildman–Crippen MR) is 166 cm³/mol. The van der Waals surface area contributed by atoms with Crippen LogP contribution in [0.15, 0.2) is 54.1 Å². The number of hydrogen-bond donors (Lipinski definition) is 4. The number of nitrogens with one attached hydrogen (secondary N) is 2. The lowest BCUT2D eigenvalue weighted by molar-refractivity contribution is -0.121. The van der Waals surface area contributed by atoms with Gasteiger partial charge in [0.2, 0.25) is 23.2 Å². The van der Waals surface area contributed by atoms with Gasteiger partial charge in [-0.25, -0.2) is 9.97 Å². The Morgan fingerprint density at radius 1 is 1.07 bits per heavy atom. The van der Waals surface area contributed by atoms with Gasteiger partial charge in [-0.2, -0.15) is 0 Å². The van der Waals surface area contributed by atoms with E-state index in [0.717, 1.165) is 0 Å². The molecular formula is C32H33ClN4O9. The zero-order valence-electron chi connectivity index (χ0n) is 25.5. The lowest BCUT2D eigenvalue weighted by Gasteiger charge is -2.38. The summed E-state index contributed by atoms with van der Waals surface area (Å²) in [5.41, 5.74) is -1.85. The van der Waals surface area contributed by atoms with Gasteiger partial charge in [0.15, 0.2) is 28.8 Å². The van der Waals surface area contributed by atoms with Gasteiger partial charge < -0.3 is 39.8 Å². The Bertz CT molecular complexity index is 1720. The SMILES string of the molecule is COc1cc(C(CC(=O)NCCNc2ncccn2)C2=C(O)C3(Oc4c(Cl)c(OC)cc(OC)c4C3=O)C(C)CC2=O)ccc1O. The van der Waals surface area contributed by atoms with Crippen LogP contribution < -0.4 is 29.6 Å². The van der Waals surface area contributed by atoms with E-state index in [4.69, 9.17) is 30.5 Å². The first-order valence-corrected chi connectivity index (χ1v) is 14.7. The van der Waals surface area contributed by atoms with Gasteiger partial charge in [-0.05, 0) is 23.8 Å². The number of benzene rings is 2. The highest BCUT2D eigenvalue weighted by Gasteiger charge is 2.61. The maximum Gasteiger partial charge on any atom is 0.231 e. The van der Waals surface area contributed by atoms with E-state index in [9.17, 15) is 24.6 Å². The minimum atomic E-state index is -2.04. The van der Waals surface area contributed by atoms with Gasteiger partial charge in [0.1, 0.15) is 22.1 Å². The van der Waals surface area contributed by atoms with Crippen molar-refractivity contribution < 1.29 is 43.5 Å². The Morgan fingerprint density at radius 3 is 2.43 bits per heavy atom. The second kappa shape index (κ2) is 13.1. The van der Waals surface area contributed by atoms with Crippen molar-refractivity contribution in [2.45, 2.75) is 31.3 Å². The summed E-state index contributed by atoms with van der Waals surface area (Å²) in [5.74, 6) is -3.55. The van der Waals surface area contributed by atoms with Crippen molar-refractivity contribution in [2.24, 2.45) is 5.92 Å². The summed E-state index contributed by atoms with van der Waals surface area (Å²) in [4.78, 5) is 49.5. The van der Waals surface area contributed by atoms with Crippen LogP contribution in [0.25, 0.3) is 0 Å². The van der Waals surface area contributed by atoms with E-state index >= 15 is 0 Å². The third-order valence-electron chi connectivity index (χ3n) is 8.15. The Morgan fingerprint density at radius 2 is 1.76 bits per heavy atom. The second-order valence-corrected chi connectivity index (χ2v) is 11.2. The van der Waals surface area contributed by atoms with Gasteiger partial charge in [0.25, 0.3) is 0 Å². The Kier molecular flexibility index (Phi) is 9.24. The molecule has 0 bridgehead atoms. The predicted octanol–water partition coefficient (Wildman–Crippen LogP) is 4.00. The number of allylic oxidation sites excluding steroid dienone is 1. The quantitative estimate of drug-likeness (QED) is 0.219. The van der Waals surface area contributed by atoms with Crippen LogP contribution in [-0.4, -0.2) is 77.7 Å². The molecule has 1 amide bonds. The minimum Gasteiger partial charge on any atom is -0.507 e. The van der Waals surface area contributed by atoms with Crippen molar-refractivity contribution >= 4 is 35.0 Å². The number of Topliss-reactive ketones (excluding diaryl/α,β-unsaturated/α-hetero) is 2. The fraction of sp³-hybridized carbons (Fsp3) is 0.344. The van der Waals surface area contributed by atoms with Crippen molar-refractivity contribution in [3.63, 3.8) is 0 Å². The smallest absolute Gasteiger partial charge is 0.231 e. The van der Waals surface area contributed by atoms with Crippen LogP contribution >= 0.6 is 11.6 Å². The summed E-state index contributed by atoms with van der Waals surface area (Å²) in [5, 5.41) is 28.0. The van der Waals surface area contributed by atoms with Crippen LogP contribution in [0.1, 0.15) is 41.6 Å². The fourth-order valence-electron chi connectivity index (χ4n) is 5.86. The number of anilines is 1. The van der Waals surface area contributed by atoms with Gasteiger partial charge in [0.05, 0.1) is 21.3 Å². The molecule has 46 heavy (non-hydrogen) atoms. The third-order valence-corrected chi connectivity index (χ3v) is 8.51. The molecule has 1 aliphatic carbocycles. The number of carbonyl (C=O) groups is 3. The van der Waals surface area contributed by atoms with Crippen LogP contribution in [0, 0.1) is 5.92 Å². The van der Waals surface area contributed by atoms with Crippen molar-refractivity contribution in [3.8, 4) is 28.7 Å². The highest BCUT2D eigenvalue weighted by atomic mass is 35.5. The number of methoxy groups -OCH3 is 3. The molecule has 0 saturated carbocycles. The van der Waals surface area contributed by atoms with Gasteiger partial charge in [-0.1, -0.05) is 24.6 Å². The number of phenols is 1. The molecule has 4 N–H and O–H groups in total. The van der Waals surface area contributed by atoms with E-state index in [1.165, 1.54) is 45.6 Å². The summed E-state index contributed by atoms with van der Waals surface area (Å²) < 4.78 is 22.3. The molecule has 242 valence electrons. The first kappa shape index (κ1) is 32.4. The second-order valence-electron chi connectivity index (χ2n) is 10.8. The number of aliphatic hydroxyl groups excluding tert-OH is 1. The molecule has 13 nitrogen and oxygen atoms in total. The number of phenolic OH excluding ortho intramolecular Hbond substituents is 1. The number of rotatable bonds is 11. The molecular weight excluding hydrogens is 620 g/mol. The molecule has 1 spiro atoms. The molecule has 3 aromatic rings. The van der Waals surface area contributed by atoms with Crippen molar-refractivity contribution in [1.29, 1.82) is 0 Å². The molecule has 1 aromatic heterocycles. The average molecular weight is 653 g/mol. The van der Waals surface area contributed by atoms with Gasteiger partial charge in [-0.3, -0.25) is 14.4 Å². The molecule has 0 fully saturated rings.